The summed E-state index contributed by atoms with van der Waals surface area (Å²) in [5, 5.41) is 0. The first-order valence-corrected chi connectivity index (χ1v) is 6.42. The molecule has 4 nitrogen and oxygen atoms in total. The molecule has 0 aliphatic carbocycles. The van der Waals surface area contributed by atoms with Crippen LogP contribution in [0.4, 0.5) is 0 Å². The molecule has 0 saturated carbocycles. The summed E-state index contributed by atoms with van der Waals surface area (Å²) < 4.78 is 32.9. The Morgan fingerprint density at radius 3 is 2.38 bits per heavy atom. The third kappa shape index (κ3) is 2.59. The van der Waals surface area contributed by atoms with Crippen LogP contribution in [0.15, 0.2) is 4.90 Å². The van der Waals surface area contributed by atoms with E-state index in [0.29, 0.717) is 23.7 Å². The number of rotatable bonds is 2. The SMILES string of the molecule is Cc1sc(C)c(S(=O)[O-])c1C1OCCO1.[Li+]. The van der Waals surface area contributed by atoms with Crippen LogP contribution in [0.25, 0.3) is 0 Å². The van der Waals surface area contributed by atoms with Crippen LogP contribution in [0.2, 0.25) is 0 Å². The Labute approximate surface area is 113 Å². The predicted molar refractivity (Wildman–Crippen MR) is 55.6 cm³/mol. The molecule has 16 heavy (non-hydrogen) atoms. The van der Waals surface area contributed by atoms with Gasteiger partial charge in [-0.3, -0.25) is 4.21 Å². The normalized spacial score (nSPS) is 18.4. The summed E-state index contributed by atoms with van der Waals surface area (Å²) in [5.74, 6) is 0. The molecule has 0 N–H and O–H groups in total. The smallest absolute Gasteiger partial charge is 0.768 e. The van der Waals surface area contributed by atoms with Gasteiger partial charge >= 0.3 is 18.9 Å². The van der Waals surface area contributed by atoms with E-state index in [4.69, 9.17) is 9.47 Å². The van der Waals surface area contributed by atoms with Crippen molar-refractivity contribution >= 4 is 22.4 Å². The largest absolute Gasteiger partial charge is 1.00 e. The van der Waals surface area contributed by atoms with Crippen LogP contribution >= 0.6 is 11.3 Å². The van der Waals surface area contributed by atoms with E-state index in [0.717, 1.165) is 9.75 Å². The van der Waals surface area contributed by atoms with Crippen molar-refractivity contribution < 1.29 is 37.1 Å². The van der Waals surface area contributed by atoms with Crippen molar-refractivity contribution in [2.24, 2.45) is 0 Å². The Kier molecular flexibility index (Phi) is 5.20. The van der Waals surface area contributed by atoms with Gasteiger partial charge in [-0.2, -0.15) is 0 Å². The molecule has 1 atom stereocenters. The molecule has 1 fully saturated rings. The Balaban J connectivity index is 0.00000128. The quantitative estimate of drug-likeness (QED) is 0.484. The summed E-state index contributed by atoms with van der Waals surface area (Å²) in [5.41, 5.74) is 0.670. The first-order chi connectivity index (χ1) is 7.11. The fraction of sp³-hybridized carbons (Fsp3) is 0.556. The maximum Gasteiger partial charge on any atom is 1.00 e. The average molecular weight is 254 g/mol. The molecular formula is C9H11LiO4S2. The van der Waals surface area contributed by atoms with Crippen LogP contribution in [0.5, 0.6) is 0 Å². The molecular weight excluding hydrogens is 243 g/mol. The number of ether oxygens (including phenoxy) is 2. The van der Waals surface area contributed by atoms with Gasteiger partial charge in [0.25, 0.3) is 0 Å². The third-order valence-electron chi connectivity index (χ3n) is 2.27. The van der Waals surface area contributed by atoms with Gasteiger partial charge in [0, 0.05) is 20.2 Å². The van der Waals surface area contributed by atoms with E-state index in [-0.39, 0.29) is 18.9 Å². The van der Waals surface area contributed by atoms with Gasteiger partial charge in [0.1, 0.15) is 0 Å². The molecule has 0 bridgehead atoms. The monoisotopic (exact) mass is 254 g/mol. The molecule has 1 aromatic heterocycles. The van der Waals surface area contributed by atoms with Gasteiger partial charge in [-0.25, -0.2) is 0 Å². The Morgan fingerprint density at radius 1 is 1.31 bits per heavy atom. The van der Waals surface area contributed by atoms with E-state index in [1.165, 1.54) is 11.3 Å². The van der Waals surface area contributed by atoms with Crippen LogP contribution in [-0.4, -0.2) is 22.0 Å². The molecule has 1 aliphatic rings. The molecule has 0 radical (unpaired) electrons. The molecule has 0 amide bonds. The van der Waals surface area contributed by atoms with Gasteiger partial charge < -0.3 is 14.0 Å². The summed E-state index contributed by atoms with van der Waals surface area (Å²) in [6.45, 7) is 4.71. The summed E-state index contributed by atoms with van der Waals surface area (Å²) in [6, 6.07) is 0. The molecule has 1 saturated heterocycles. The zero-order valence-corrected chi connectivity index (χ0v) is 11.1. The number of hydrogen-bond acceptors (Lipinski definition) is 5. The molecule has 1 aliphatic heterocycles. The van der Waals surface area contributed by atoms with E-state index < -0.39 is 17.4 Å². The minimum Gasteiger partial charge on any atom is -0.768 e. The zero-order chi connectivity index (χ0) is 11.0. The standard InChI is InChI=1S/C9H12O4S2.Li/c1-5-7(9-12-3-4-13-9)8(15(10)11)6(2)14-5;/h9H,3-4H2,1-2H3,(H,10,11);/q;+1/p-1. The Bertz CT molecular complexity index is 398. The summed E-state index contributed by atoms with van der Waals surface area (Å²) in [4.78, 5) is 2.07. The molecule has 1 aromatic rings. The maximum absolute atomic E-state index is 11.1. The average Bonchev–Trinajstić information content (AvgIpc) is 2.71. The fourth-order valence-electron chi connectivity index (χ4n) is 1.69. The first kappa shape index (κ1) is 14.4. The van der Waals surface area contributed by atoms with Crippen LogP contribution in [-0.2, 0) is 20.6 Å². The van der Waals surface area contributed by atoms with Gasteiger partial charge in [-0.1, -0.05) is 0 Å². The van der Waals surface area contributed by atoms with Gasteiger partial charge in [0.2, 0.25) is 0 Å². The molecule has 1 unspecified atom stereocenters. The van der Waals surface area contributed by atoms with Gasteiger partial charge in [0.15, 0.2) is 6.29 Å². The van der Waals surface area contributed by atoms with Crippen molar-refractivity contribution in [1.29, 1.82) is 0 Å². The van der Waals surface area contributed by atoms with Crippen molar-refractivity contribution in [1.82, 2.24) is 0 Å². The van der Waals surface area contributed by atoms with Crippen molar-refractivity contribution in [3.63, 3.8) is 0 Å². The molecule has 84 valence electrons. The number of hydrogen-bond donors (Lipinski definition) is 0. The molecule has 0 aromatic carbocycles. The van der Waals surface area contributed by atoms with E-state index in [2.05, 4.69) is 0 Å². The molecule has 2 heterocycles. The molecule has 0 spiro atoms. The summed E-state index contributed by atoms with van der Waals surface area (Å²) >= 11 is -0.769. The van der Waals surface area contributed by atoms with Crippen LogP contribution in [0, 0.1) is 13.8 Å². The fourth-order valence-corrected chi connectivity index (χ4v) is 3.71. The summed E-state index contributed by atoms with van der Waals surface area (Å²) in [7, 11) is 0. The van der Waals surface area contributed by atoms with E-state index in [1.54, 1.807) is 6.92 Å². The van der Waals surface area contributed by atoms with Crippen molar-refractivity contribution in [2.45, 2.75) is 25.0 Å². The Hall–Kier alpha value is 0.327. The minimum absolute atomic E-state index is 0. The molecule has 7 heteroatoms. The van der Waals surface area contributed by atoms with Crippen molar-refractivity contribution in [2.75, 3.05) is 13.2 Å². The van der Waals surface area contributed by atoms with E-state index in [1.807, 2.05) is 6.92 Å². The van der Waals surface area contributed by atoms with Crippen molar-refractivity contribution in [3.8, 4) is 0 Å². The van der Waals surface area contributed by atoms with Gasteiger partial charge in [-0.15, -0.1) is 11.3 Å². The van der Waals surface area contributed by atoms with Gasteiger partial charge in [-0.05, 0) is 24.9 Å². The van der Waals surface area contributed by atoms with Crippen LogP contribution < -0.4 is 18.9 Å². The second-order valence-electron chi connectivity index (χ2n) is 3.27. The van der Waals surface area contributed by atoms with Crippen LogP contribution in [0.1, 0.15) is 21.6 Å². The Morgan fingerprint density at radius 2 is 1.88 bits per heavy atom. The second kappa shape index (κ2) is 5.78. The minimum atomic E-state index is -2.23. The number of aryl methyl sites for hydroxylation is 2. The third-order valence-corrected chi connectivity index (χ3v) is 4.30. The number of thiophene rings is 1. The molecule has 2 rings (SSSR count). The van der Waals surface area contributed by atoms with Crippen LogP contribution in [0.3, 0.4) is 0 Å². The second-order valence-corrected chi connectivity index (χ2v) is 5.57. The summed E-state index contributed by atoms with van der Waals surface area (Å²) in [6.07, 6.45) is -0.511. The van der Waals surface area contributed by atoms with E-state index in [9.17, 15) is 8.76 Å². The predicted octanol–water partition coefficient (Wildman–Crippen LogP) is -1.35. The van der Waals surface area contributed by atoms with Gasteiger partial charge in [0.05, 0.1) is 13.2 Å². The zero-order valence-electron chi connectivity index (χ0n) is 9.44. The first-order valence-electron chi connectivity index (χ1n) is 4.53. The van der Waals surface area contributed by atoms with E-state index >= 15 is 0 Å². The topological polar surface area (TPSA) is 58.6 Å². The maximum atomic E-state index is 11.1. The van der Waals surface area contributed by atoms with Crippen molar-refractivity contribution in [3.05, 3.63) is 15.3 Å².